The SMILES string of the molecule is CN=C/C=C/CN(CC(C)C)C(C)=O. The lowest BCUT2D eigenvalue weighted by Crippen LogP contribution is -2.32. The van der Waals surface area contributed by atoms with Crippen LogP contribution in [0.15, 0.2) is 17.1 Å². The van der Waals surface area contributed by atoms with Crippen molar-refractivity contribution in [3.63, 3.8) is 0 Å². The Hall–Kier alpha value is -1.12. The number of hydrogen-bond acceptors (Lipinski definition) is 2. The number of allylic oxidation sites excluding steroid dienone is 1. The molecule has 1 amide bonds. The Balaban J connectivity index is 4.03. The van der Waals surface area contributed by atoms with Crippen molar-refractivity contribution in [2.45, 2.75) is 20.8 Å². The zero-order valence-electron chi connectivity index (χ0n) is 9.53. The summed E-state index contributed by atoms with van der Waals surface area (Å²) in [6.07, 6.45) is 5.51. The minimum absolute atomic E-state index is 0.122. The summed E-state index contributed by atoms with van der Waals surface area (Å²) in [5.74, 6) is 0.629. The van der Waals surface area contributed by atoms with E-state index in [-0.39, 0.29) is 5.91 Å². The van der Waals surface area contributed by atoms with E-state index in [1.807, 2.05) is 17.1 Å². The van der Waals surface area contributed by atoms with Crippen LogP contribution in [0, 0.1) is 5.92 Å². The first-order valence-electron chi connectivity index (χ1n) is 4.90. The Labute approximate surface area is 86.5 Å². The highest BCUT2D eigenvalue weighted by Crippen LogP contribution is 1.99. The molecule has 0 rings (SSSR count). The summed E-state index contributed by atoms with van der Waals surface area (Å²) < 4.78 is 0. The lowest BCUT2D eigenvalue weighted by molar-refractivity contribution is -0.128. The van der Waals surface area contributed by atoms with Crippen LogP contribution in [0.5, 0.6) is 0 Å². The fourth-order valence-electron chi connectivity index (χ4n) is 1.11. The molecule has 80 valence electrons. The lowest BCUT2D eigenvalue weighted by Gasteiger charge is -2.21. The van der Waals surface area contributed by atoms with Crippen molar-refractivity contribution in [3.05, 3.63) is 12.2 Å². The van der Waals surface area contributed by atoms with Gasteiger partial charge in [0.25, 0.3) is 0 Å². The Morgan fingerprint density at radius 1 is 1.50 bits per heavy atom. The third kappa shape index (κ3) is 6.40. The van der Waals surface area contributed by atoms with Crippen LogP contribution in [0.4, 0.5) is 0 Å². The highest BCUT2D eigenvalue weighted by Gasteiger charge is 2.07. The summed E-state index contributed by atoms with van der Waals surface area (Å²) >= 11 is 0. The monoisotopic (exact) mass is 196 g/mol. The van der Waals surface area contributed by atoms with Gasteiger partial charge in [0.2, 0.25) is 5.91 Å². The number of amides is 1. The zero-order chi connectivity index (χ0) is 11.0. The molecule has 0 atom stereocenters. The molecule has 3 nitrogen and oxygen atoms in total. The predicted octanol–water partition coefficient (Wildman–Crippen LogP) is 1.75. The second-order valence-corrected chi connectivity index (χ2v) is 3.65. The van der Waals surface area contributed by atoms with Gasteiger partial charge in [0, 0.05) is 33.3 Å². The second kappa shape index (κ2) is 7.30. The average molecular weight is 196 g/mol. The molecule has 0 bridgehead atoms. The van der Waals surface area contributed by atoms with E-state index in [1.165, 1.54) is 0 Å². The van der Waals surface area contributed by atoms with Gasteiger partial charge in [-0.25, -0.2) is 0 Å². The normalized spacial score (nSPS) is 11.8. The molecule has 0 heterocycles. The van der Waals surface area contributed by atoms with E-state index in [4.69, 9.17) is 0 Å². The lowest BCUT2D eigenvalue weighted by atomic mass is 10.2. The van der Waals surface area contributed by atoms with Gasteiger partial charge in [-0.05, 0) is 12.0 Å². The zero-order valence-corrected chi connectivity index (χ0v) is 9.53. The van der Waals surface area contributed by atoms with Crippen molar-refractivity contribution in [2.24, 2.45) is 10.9 Å². The van der Waals surface area contributed by atoms with Gasteiger partial charge in [-0.15, -0.1) is 0 Å². The Kier molecular flexibility index (Phi) is 6.72. The summed E-state index contributed by atoms with van der Waals surface area (Å²) in [6.45, 7) is 7.28. The quantitative estimate of drug-likeness (QED) is 0.616. The van der Waals surface area contributed by atoms with Crippen LogP contribution in [-0.4, -0.2) is 37.2 Å². The van der Waals surface area contributed by atoms with E-state index in [2.05, 4.69) is 18.8 Å². The summed E-state index contributed by atoms with van der Waals surface area (Å²) in [4.78, 5) is 16.8. The van der Waals surface area contributed by atoms with Crippen molar-refractivity contribution in [1.82, 2.24) is 4.90 Å². The first-order valence-corrected chi connectivity index (χ1v) is 4.90. The van der Waals surface area contributed by atoms with E-state index in [9.17, 15) is 4.79 Å². The van der Waals surface area contributed by atoms with Crippen molar-refractivity contribution in [3.8, 4) is 0 Å². The highest BCUT2D eigenvalue weighted by atomic mass is 16.2. The second-order valence-electron chi connectivity index (χ2n) is 3.65. The molecule has 0 saturated heterocycles. The molecule has 14 heavy (non-hydrogen) atoms. The van der Waals surface area contributed by atoms with Gasteiger partial charge in [0.1, 0.15) is 0 Å². The van der Waals surface area contributed by atoms with Crippen LogP contribution in [-0.2, 0) is 4.79 Å². The molecule has 0 aromatic rings. The molecule has 0 fully saturated rings. The number of rotatable bonds is 5. The number of hydrogen-bond donors (Lipinski definition) is 0. The Bertz CT molecular complexity index is 219. The van der Waals surface area contributed by atoms with Gasteiger partial charge >= 0.3 is 0 Å². The van der Waals surface area contributed by atoms with Crippen LogP contribution < -0.4 is 0 Å². The van der Waals surface area contributed by atoms with E-state index in [0.29, 0.717) is 12.5 Å². The van der Waals surface area contributed by atoms with Gasteiger partial charge in [-0.2, -0.15) is 0 Å². The highest BCUT2D eigenvalue weighted by molar-refractivity contribution is 5.74. The first kappa shape index (κ1) is 12.9. The third-order valence-corrected chi connectivity index (χ3v) is 1.73. The molecule has 0 aromatic heterocycles. The van der Waals surface area contributed by atoms with E-state index in [1.54, 1.807) is 20.2 Å². The smallest absolute Gasteiger partial charge is 0.219 e. The van der Waals surface area contributed by atoms with Crippen LogP contribution in [0.25, 0.3) is 0 Å². The maximum absolute atomic E-state index is 11.2. The molecule has 0 unspecified atom stereocenters. The molecular formula is C11H20N2O. The van der Waals surface area contributed by atoms with Crippen LogP contribution in [0.1, 0.15) is 20.8 Å². The Morgan fingerprint density at radius 3 is 2.57 bits per heavy atom. The van der Waals surface area contributed by atoms with Crippen LogP contribution >= 0.6 is 0 Å². The van der Waals surface area contributed by atoms with Gasteiger partial charge in [0.05, 0.1) is 0 Å². The van der Waals surface area contributed by atoms with Crippen molar-refractivity contribution >= 4 is 12.1 Å². The molecule has 0 radical (unpaired) electrons. The molecule has 0 aliphatic heterocycles. The molecule has 0 N–H and O–H groups in total. The maximum Gasteiger partial charge on any atom is 0.219 e. The standard InChI is InChI=1S/C11H20N2O/c1-10(2)9-13(11(3)14)8-6-5-7-12-4/h5-7,10H,8-9H2,1-4H3/b6-5+,12-7?. The minimum atomic E-state index is 0.122. The fourth-order valence-corrected chi connectivity index (χ4v) is 1.11. The molecular weight excluding hydrogens is 176 g/mol. The van der Waals surface area contributed by atoms with Crippen molar-refractivity contribution < 1.29 is 4.79 Å². The molecule has 3 heteroatoms. The van der Waals surface area contributed by atoms with E-state index >= 15 is 0 Å². The molecule has 0 aromatic carbocycles. The van der Waals surface area contributed by atoms with Gasteiger partial charge in [-0.1, -0.05) is 19.9 Å². The molecule has 0 aliphatic rings. The topological polar surface area (TPSA) is 32.7 Å². The van der Waals surface area contributed by atoms with Crippen LogP contribution in [0.2, 0.25) is 0 Å². The Morgan fingerprint density at radius 2 is 2.14 bits per heavy atom. The fraction of sp³-hybridized carbons (Fsp3) is 0.636. The number of nitrogens with zero attached hydrogens (tertiary/aromatic N) is 2. The predicted molar refractivity (Wildman–Crippen MR) is 60.6 cm³/mol. The largest absolute Gasteiger partial charge is 0.339 e. The molecule has 0 spiro atoms. The number of carbonyl (C=O) groups excluding carboxylic acids is 1. The molecule has 0 saturated carbocycles. The summed E-state index contributed by atoms with van der Waals surface area (Å²) in [5, 5.41) is 0. The maximum atomic E-state index is 11.2. The van der Waals surface area contributed by atoms with E-state index < -0.39 is 0 Å². The summed E-state index contributed by atoms with van der Waals surface area (Å²) in [5.41, 5.74) is 0. The van der Waals surface area contributed by atoms with Gasteiger partial charge < -0.3 is 4.90 Å². The summed E-state index contributed by atoms with van der Waals surface area (Å²) in [6, 6.07) is 0. The minimum Gasteiger partial charge on any atom is -0.339 e. The first-order chi connectivity index (χ1) is 6.57. The average Bonchev–Trinajstić information content (AvgIpc) is 2.09. The van der Waals surface area contributed by atoms with Gasteiger partial charge in [-0.3, -0.25) is 9.79 Å². The van der Waals surface area contributed by atoms with Gasteiger partial charge in [0.15, 0.2) is 0 Å². The van der Waals surface area contributed by atoms with E-state index in [0.717, 1.165) is 6.54 Å². The van der Waals surface area contributed by atoms with Crippen molar-refractivity contribution in [2.75, 3.05) is 20.1 Å². The third-order valence-electron chi connectivity index (χ3n) is 1.73. The molecule has 0 aliphatic carbocycles. The number of carbonyl (C=O) groups is 1. The van der Waals surface area contributed by atoms with Crippen molar-refractivity contribution in [1.29, 1.82) is 0 Å². The van der Waals surface area contributed by atoms with Crippen LogP contribution in [0.3, 0.4) is 0 Å². The summed E-state index contributed by atoms with van der Waals surface area (Å²) in [7, 11) is 1.72. The number of aliphatic imine (C=N–C) groups is 1.